The van der Waals surface area contributed by atoms with Crippen LogP contribution in [-0.2, 0) is 11.8 Å². The van der Waals surface area contributed by atoms with Gasteiger partial charge in [-0.25, -0.2) is 0 Å². The van der Waals surface area contributed by atoms with Crippen molar-refractivity contribution in [2.24, 2.45) is 7.05 Å². The molecule has 1 aromatic heterocycles. The number of aliphatic hydroxyl groups excluding tert-OH is 1. The molecule has 0 radical (unpaired) electrons. The van der Waals surface area contributed by atoms with E-state index in [4.69, 9.17) is 4.74 Å². The maximum atomic E-state index is 12.5. The summed E-state index contributed by atoms with van der Waals surface area (Å²) in [6.07, 6.45) is 0. The number of benzene rings is 2. The van der Waals surface area contributed by atoms with E-state index in [1.54, 1.807) is 35.9 Å². The van der Waals surface area contributed by atoms with E-state index < -0.39 is 23.5 Å². The highest BCUT2D eigenvalue weighted by atomic mass is 32.2. The zero-order chi connectivity index (χ0) is 24.7. The second kappa shape index (κ2) is 11.2. The Labute approximate surface area is 198 Å². The number of nitro benzene ring substituents is 1. The van der Waals surface area contributed by atoms with Gasteiger partial charge in [-0.1, -0.05) is 11.8 Å². The number of aromatic nitrogens is 3. The molecule has 0 bridgehead atoms. The van der Waals surface area contributed by atoms with E-state index >= 15 is 0 Å². The van der Waals surface area contributed by atoms with Gasteiger partial charge in [-0.2, -0.15) is 0 Å². The fourth-order valence-corrected chi connectivity index (χ4v) is 3.64. The molecule has 12 nitrogen and oxygen atoms in total. The summed E-state index contributed by atoms with van der Waals surface area (Å²) in [7, 11) is 3.19. The first kappa shape index (κ1) is 24.7. The van der Waals surface area contributed by atoms with Gasteiger partial charge in [-0.15, -0.1) is 10.2 Å². The minimum absolute atomic E-state index is 0.00492. The minimum atomic E-state index is -0.810. The van der Waals surface area contributed by atoms with Crippen molar-refractivity contribution >= 4 is 35.0 Å². The molecule has 0 unspecified atom stereocenters. The predicted octanol–water partition coefficient (Wildman–Crippen LogP) is 1.93. The fraction of sp³-hybridized carbons (Fsp3) is 0.238. The molecule has 0 spiro atoms. The number of carbonyl (C=O) groups is 2. The largest absolute Gasteiger partial charge is 0.497 e. The lowest BCUT2D eigenvalue weighted by Crippen LogP contribution is -2.32. The zero-order valence-electron chi connectivity index (χ0n) is 18.3. The number of non-ortho nitro benzene ring substituents is 1. The van der Waals surface area contributed by atoms with Gasteiger partial charge in [0.15, 0.2) is 11.0 Å². The van der Waals surface area contributed by atoms with E-state index in [0.29, 0.717) is 28.0 Å². The minimum Gasteiger partial charge on any atom is -0.497 e. The number of anilines is 1. The standard InChI is InChI=1S/C21H22N6O6S/c1-26-19(17(11-28)23-20(30)13-3-9-16(33-2)10-4-13)24-25-21(26)34-12-18(29)22-14-5-7-15(8-6-14)27(31)32/h3-10,17,28H,11-12H2,1-2H3,(H,22,29)(H,23,30)/t17-/m1/s1. The SMILES string of the molecule is COc1ccc(C(=O)N[C@H](CO)c2nnc(SCC(=O)Nc3ccc([N+](=O)[O-])cc3)n2C)cc1. The van der Waals surface area contributed by atoms with Crippen LogP contribution in [0.25, 0.3) is 0 Å². The summed E-state index contributed by atoms with van der Waals surface area (Å²) >= 11 is 1.11. The van der Waals surface area contributed by atoms with E-state index in [2.05, 4.69) is 20.8 Å². The monoisotopic (exact) mass is 486 g/mol. The molecule has 0 fully saturated rings. The second-order valence-corrected chi connectivity index (χ2v) is 7.92. The Kier molecular flexibility index (Phi) is 8.16. The highest BCUT2D eigenvalue weighted by molar-refractivity contribution is 7.99. The van der Waals surface area contributed by atoms with E-state index in [1.807, 2.05) is 0 Å². The highest BCUT2D eigenvalue weighted by Crippen LogP contribution is 2.21. The van der Waals surface area contributed by atoms with Gasteiger partial charge in [0.1, 0.15) is 11.8 Å². The van der Waals surface area contributed by atoms with Crippen LogP contribution in [0, 0.1) is 10.1 Å². The van der Waals surface area contributed by atoms with E-state index in [-0.39, 0.29) is 17.3 Å². The molecule has 0 saturated heterocycles. The normalized spacial score (nSPS) is 11.5. The van der Waals surface area contributed by atoms with Gasteiger partial charge in [0.25, 0.3) is 11.6 Å². The van der Waals surface area contributed by atoms with Gasteiger partial charge < -0.3 is 25.0 Å². The van der Waals surface area contributed by atoms with Crippen molar-refractivity contribution < 1.29 is 24.4 Å². The third-order valence-corrected chi connectivity index (χ3v) is 5.73. The Morgan fingerprint density at radius 3 is 2.44 bits per heavy atom. The van der Waals surface area contributed by atoms with Gasteiger partial charge in [0, 0.05) is 30.4 Å². The first-order valence-electron chi connectivity index (χ1n) is 9.94. The Bertz CT molecular complexity index is 1170. The number of nitro groups is 1. The summed E-state index contributed by atoms with van der Waals surface area (Å²) in [5, 5.41) is 34.4. The van der Waals surface area contributed by atoms with Crippen molar-refractivity contribution in [3.8, 4) is 5.75 Å². The number of aliphatic hydroxyl groups is 1. The molecule has 2 amide bonds. The second-order valence-electron chi connectivity index (χ2n) is 6.98. The number of hydrogen-bond acceptors (Lipinski definition) is 9. The van der Waals surface area contributed by atoms with Crippen molar-refractivity contribution in [3.63, 3.8) is 0 Å². The predicted molar refractivity (Wildman–Crippen MR) is 124 cm³/mol. The molecule has 3 rings (SSSR count). The number of amides is 2. The van der Waals surface area contributed by atoms with Crippen LogP contribution < -0.4 is 15.4 Å². The fourth-order valence-electron chi connectivity index (χ4n) is 2.92. The summed E-state index contributed by atoms with van der Waals surface area (Å²) in [5.41, 5.74) is 0.742. The number of methoxy groups -OCH3 is 1. The van der Waals surface area contributed by atoms with E-state index in [1.165, 1.54) is 31.4 Å². The van der Waals surface area contributed by atoms with Crippen LogP contribution in [0.5, 0.6) is 5.75 Å². The number of carbonyl (C=O) groups excluding carboxylic acids is 2. The van der Waals surface area contributed by atoms with E-state index in [0.717, 1.165) is 11.8 Å². The van der Waals surface area contributed by atoms with Crippen molar-refractivity contribution in [2.75, 3.05) is 24.8 Å². The summed E-state index contributed by atoms with van der Waals surface area (Å²) < 4.78 is 6.66. The van der Waals surface area contributed by atoms with E-state index in [9.17, 15) is 24.8 Å². The number of hydrogen-bond donors (Lipinski definition) is 3. The van der Waals surface area contributed by atoms with Gasteiger partial charge in [-0.05, 0) is 36.4 Å². The van der Waals surface area contributed by atoms with Crippen LogP contribution in [0.1, 0.15) is 22.2 Å². The number of thioether (sulfide) groups is 1. The molecule has 0 saturated carbocycles. The molecule has 2 aromatic carbocycles. The Morgan fingerprint density at radius 2 is 1.85 bits per heavy atom. The summed E-state index contributed by atoms with van der Waals surface area (Å²) in [5.74, 6) is 0.201. The molecule has 3 aromatic rings. The molecule has 1 heterocycles. The Morgan fingerprint density at radius 1 is 1.18 bits per heavy atom. The quantitative estimate of drug-likeness (QED) is 0.221. The third kappa shape index (κ3) is 6.08. The highest BCUT2D eigenvalue weighted by Gasteiger charge is 2.22. The van der Waals surface area contributed by atoms with Crippen molar-refractivity contribution in [3.05, 3.63) is 70.0 Å². The molecular formula is C21H22N6O6S. The van der Waals surface area contributed by atoms with Gasteiger partial charge in [0.2, 0.25) is 5.91 Å². The number of nitrogens with one attached hydrogen (secondary N) is 2. The molecule has 0 aliphatic carbocycles. The van der Waals surface area contributed by atoms with Crippen LogP contribution in [0.3, 0.4) is 0 Å². The zero-order valence-corrected chi connectivity index (χ0v) is 19.1. The average Bonchev–Trinajstić information content (AvgIpc) is 3.21. The summed E-state index contributed by atoms with van der Waals surface area (Å²) in [6, 6.07) is 11.2. The average molecular weight is 487 g/mol. The van der Waals surface area contributed by atoms with Crippen molar-refractivity contribution in [1.29, 1.82) is 0 Å². The molecule has 34 heavy (non-hydrogen) atoms. The Hall–Kier alpha value is -3.97. The van der Waals surface area contributed by atoms with Crippen LogP contribution in [0.15, 0.2) is 53.7 Å². The molecule has 0 aliphatic heterocycles. The molecule has 178 valence electrons. The van der Waals surface area contributed by atoms with Gasteiger partial charge >= 0.3 is 0 Å². The summed E-state index contributed by atoms with van der Waals surface area (Å²) in [4.78, 5) is 35.0. The smallest absolute Gasteiger partial charge is 0.269 e. The molecule has 1 atom stereocenters. The first-order chi connectivity index (χ1) is 16.3. The number of nitrogens with zero attached hydrogens (tertiary/aromatic N) is 4. The van der Waals surface area contributed by atoms with Gasteiger partial charge in [0.05, 0.1) is 24.4 Å². The van der Waals surface area contributed by atoms with Crippen LogP contribution in [0.2, 0.25) is 0 Å². The van der Waals surface area contributed by atoms with Gasteiger partial charge in [-0.3, -0.25) is 19.7 Å². The summed E-state index contributed by atoms with van der Waals surface area (Å²) in [6.45, 7) is -0.404. The molecule has 13 heteroatoms. The number of rotatable bonds is 10. The Balaban J connectivity index is 1.59. The first-order valence-corrected chi connectivity index (χ1v) is 10.9. The van der Waals surface area contributed by atoms with Crippen LogP contribution in [0.4, 0.5) is 11.4 Å². The van der Waals surface area contributed by atoms with Crippen molar-refractivity contribution in [2.45, 2.75) is 11.2 Å². The van der Waals surface area contributed by atoms with Crippen molar-refractivity contribution in [1.82, 2.24) is 20.1 Å². The topological polar surface area (TPSA) is 162 Å². The molecular weight excluding hydrogens is 464 g/mol. The lowest BCUT2D eigenvalue weighted by atomic mass is 10.2. The molecule has 0 aliphatic rings. The lowest BCUT2D eigenvalue weighted by molar-refractivity contribution is -0.384. The molecule has 3 N–H and O–H groups in total. The maximum absolute atomic E-state index is 12.5. The maximum Gasteiger partial charge on any atom is 0.269 e. The third-order valence-electron chi connectivity index (χ3n) is 4.71. The number of ether oxygens (including phenoxy) is 1. The van der Waals surface area contributed by atoms with Crippen LogP contribution >= 0.6 is 11.8 Å². The van der Waals surface area contributed by atoms with Crippen LogP contribution in [-0.4, -0.2) is 56.1 Å². The lowest BCUT2D eigenvalue weighted by Gasteiger charge is -2.16.